The van der Waals surface area contributed by atoms with Gasteiger partial charge in [-0.15, -0.1) is 6.58 Å². The van der Waals surface area contributed by atoms with Gasteiger partial charge < -0.3 is 13.3 Å². The largest absolute Gasteiger partial charge is 0.518 e. The minimum absolute atomic E-state index is 0.00528. The Labute approximate surface area is 123 Å². The minimum Gasteiger partial charge on any atom is -0.376 e. The van der Waals surface area contributed by atoms with Crippen LogP contribution in [0, 0.1) is 0 Å². The zero-order valence-electron chi connectivity index (χ0n) is 12.8. The number of hydrogen-bond donors (Lipinski definition) is 1. The quantitative estimate of drug-likeness (QED) is 0.562. The molecule has 1 N–H and O–H groups in total. The molecule has 1 rings (SSSR count). The predicted molar refractivity (Wildman–Crippen MR) is 83.4 cm³/mol. The van der Waals surface area contributed by atoms with Gasteiger partial charge in [-0.25, -0.2) is 0 Å². The topological polar surface area (TPSA) is 39.7 Å². The molecule has 1 aromatic carbocycles. The van der Waals surface area contributed by atoms with Gasteiger partial charge in [0.2, 0.25) is 0 Å². The van der Waals surface area contributed by atoms with Crippen LogP contribution in [0.25, 0.3) is 0 Å². The molecule has 0 amide bonds. The summed E-state index contributed by atoms with van der Waals surface area (Å²) in [6, 6.07) is 10.2. The first kappa shape index (κ1) is 17.1. The highest BCUT2D eigenvalue weighted by Gasteiger charge is 2.47. The lowest BCUT2D eigenvalue weighted by Crippen LogP contribution is -2.60. The molecule has 0 fully saturated rings. The first-order chi connectivity index (χ1) is 9.67. The first-order valence-electron chi connectivity index (χ1n) is 6.76. The van der Waals surface area contributed by atoms with Crippen molar-refractivity contribution in [3.05, 3.63) is 48.6 Å². The fraction of sp³-hybridized carbons (Fsp3) is 0.467. The molecule has 5 heteroatoms. The summed E-state index contributed by atoms with van der Waals surface area (Å²) in [6.07, 6.45) is 2.73. The molecule has 1 aromatic rings. The molecule has 2 atom stereocenters. The molecule has 4 nitrogen and oxygen atoms in total. The number of rotatable bonds is 9. The Morgan fingerprint density at radius 1 is 1.15 bits per heavy atom. The van der Waals surface area contributed by atoms with Crippen molar-refractivity contribution in [3.63, 3.8) is 0 Å². The zero-order valence-corrected chi connectivity index (χ0v) is 13.8. The summed E-state index contributed by atoms with van der Waals surface area (Å²) >= 11 is 0. The zero-order chi connectivity index (χ0) is 15.0. The SMILES string of the molecule is C=CC(NC(CC)[Si](OC)(OC)OC)c1ccccc1. The van der Waals surface area contributed by atoms with Crippen molar-refractivity contribution >= 4 is 8.80 Å². The summed E-state index contributed by atoms with van der Waals surface area (Å²) in [5.41, 5.74) is 1.16. The van der Waals surface area contributed by atoms with Crippen LogP contribution in [0.15, 0.2) is 43.0 Å². The van der Waals surface area contributed by atoms with Crippen molar-refractivity contribution in [1.82, 2.24) is 5.32 Å². The normalized spacial score (nSPS) is 14.8. The van der Waals surface area contributed by atoms with Crippen molar-refractivity contribution in [2.24, 2.45) is 0 Å². The second kappa shape index (κ2) is 8.34. The van der Waals surface area contributed by atoms with Crippen LogP contribution in [0.1, 0.15) is 24.9 Å². The smallest absolute Gasteiger partial charge is 0.376 e. The van der Waals surface area contributed by atoms with Gasteiger partial charge in [0.15, 0.2) is 0 Å². The van der Waals surface area contributed by atoms with Crippen molar-refractivity contribution in [2.75, 3.05) is 21.3 Å². The van der Waals surface area contributed by atoms with Gasteiger partial charge in [0.05, 0.1) is 11.7 Å². The van der Waals surface area contributed by atoms with Crippen LogP contribution in [-0.2, 0) is 13.3 Å². The van der Waals surface area contributed by atoms with Crippen molar-refractivity contribution in [3.8, 4) is 0 Å². The standard InChI is InChI=1S/C15H25NO3Si/c1-6-14(13-11-9-8-10-12-13)16-15(7-2)20(17-3,18-4)19-5/h6,8-12,14-16H,1,7H2,2-5H3. The van der Waals surface area contributed by atoms with E-state index in [-0.39, 0.29) is 11.7 Å². The molecule has 0 aromatic heterocycles. The summed E-state index contributed by atoms with van der Waals surface area (Å²) in [6.45, 7) is 6.00. The first-order valence-corrected chi connectivity index (χ1v) is 8.56. The van der Waals surface area contributed by atoms with Gasteiger partial charge in [-0.2, -0.15) is 0 Å². The maximum absolute atomic E-state index is 5.57. The van der Waals surface area contributed by atoms with Gasteiger partial charge in [0.1, 0.15) is 0 Å². The van der Waals surface area contributed by atoms with E-state index in [1.165, 1.54) is 0 Å². The second-order valence-corrected chi connectivity index (χ2v) is 7.60. The molecule has 0 saturated carbocycles. The van der Waals surface area contributed by atoms with Gasteiger partial charge in [-0.1, -0.05) is 43.3 Å². The lowest BCUT2D eigenvalue weighted by Gasteiger charge is -2.34. The average Bonchev–Trinajstić information content (AvgIpc) is 2.53. The maximum Gasteiger partial charge on any atom is 0.518 e. The Hall–Kier alpha value is -0.983. The maximum atomic E-state index is 5.57. The minimum atomic E-state index is -2.72. The highest BCUT2D eigenvalue weighted by Crippen LogP contribution is 2.20. The highest BCUT2D eigenvalue weighted by molar-refractivity contribution is 6.62. The van der Waals surface area contributed by atoms with Crippen molar-refractivity contribution in [1.29, 1.82) is 0 Å². The molecular formula is C15H25NO3Si. The van der Waals surface area contributed by atoms with Gasteiger partial charge in [0.25, 0.3) is 0 Å². The third kappa shape index (κ3) is 3.77. The van der Waals surface area contributed by atoms with Gasteiger partial charge in [-0.05, 0) is 12.0 Å². The summed E-state index contributed by atoms with van der Waals surface area (Å²) in [5.74, 6) is 0. The van der Waals surface area contributed by atoms with E-state index in [1.807, 2.05) is 24.3 Å². The van der Waals surface area contributed by atoms with Crippen LogP contribution in [0.5, 0.6) is 0 Å². The number of hydrogen-bond acceptors (Lipinski definition) is 4. The van der Waals surface area contributed by atoms with E-state index >= 15 is 0 Å². The van der Waals surface area contributed by atoms with Gasteiger partial charge >= 0.3 is 8.80 Å². The summed E-state index contributed by atoms with van der Waals surface area (Å²) in [5, 5.41) is 3.53. The van der Waals surface area contributed by atoms with E-state index in [4.69, 9.17) is 13.3 Å². The fourth-order valence-electron chi connectivity index (χ4n) is 2.32. The Kier molecular flexibility index (Phi) is 7.11. The third-order valence-corrected chi connectivity index (χ3v) is 6.60. The van der Waals surface area contributed by atoms with Gasteiger partial charge in [0, 0.05) is 21.3 Å². The molecular weight excluding hydrogens is 270 g/mol. The highest BCUT2D eigenvalue weighted by atomic mass is 28.4. The Balaban J connectivity index is 2.93. The van der Waals surface area contributed by atoms with E-state index in [9.17, 15) is 0 Å². The molecule has 0 bridgehead atoms. The molecule has 0 radical (unpaired) electrons. The van der Waals surface area contributed by atoms with Crippen molar-refractivity contribution in [2.45, 2.75) is 25.1 Å². The molecule has 0 aliphatic carbocycles. The van der Waals surface area contributed by atoms with Crippen LogP contribution in [-0.4, -0.2) is 35.8 Å². The van der Waals surface area contributed by atoms with E-state index < -0.39 is 8.80 Å². The van der Waals surface area contributed by atoms with Crippen LogP contribution in [0.4, 0.5) is 0 Å². The van der Waals surface area contributed by atoms with E-state index in [0.717, 1.165) is 12.0 Å². The number of benzene rings is 1. The third-order valence-electron chi connectivity index (χ3n) is 3.46. The lowest BCUT2D eigenvalue weighted by atomic mass is 10.1. The lowest BCUT2D eigenvalue weighted by molar-refractivity contribution is 0.105. The van der Waals surface area contributed by atoms with Crippen LogP contribution < -0.4 is 5.32 Å². The fourth-order valence-corrected chi connectivity index (χ4v) is 4.56. The average molecular weight is 295 g/mol. The van der Waals surface area contributed by atoms with E-state index in [2.05, 4.69) is 31.0 Å². The molecule has 0 aliphatic heterocycles. The molecule has 112 valence electrons. The second-order valence-electron chi connectivity index (χ2n) is 4.47. The Morgan fingerprint density at radius 2 is 1.70 bits per heavy atom. The molecule has 0 spiro atoms. The van der Waals surface area contributed by atoms with Crippen molar-refractivity contribution < 1.29 is 13.3 Å². The molecule has 0 heterocycles. The molecule has 0 saturated heterocycles. The van der Waals surface area contributed by atoms with Crippen LogP contribution >= 0.6 is 0 Å². The van der Waals surface area contributed by atoms with Gasteiger partial charge in [-0.3, -0.25) is 5.32 Å². The predicted octanol–water partition coefficient (Wildman–Crippen LogP) is 2.70. The summed E-state index contributed by atoms with van der Waals surface area (Å²) < 4.78 is 16.7. The Bertz CT molecular complexity index is 387. The molecule has 2 unspecified atom stereocenters. The van der Waals surface area contributed by atoms with Crippen LogP contribution in [0.3, 0.4) is 0 Å². The van der Waals surface area contributed by atoms with E-state index in [1.54, 1.807) is 21.3 Å². The monoisotopic (exact) mass is 295 g/mol. The Morgan fingerprint density at radius 3 is 2.10 bits per heavy atom. The van der Waals surface area contributed by atoms with Crippen LogP contribution in [0.2, 0.25) is 0 Å². The number of nitrogens with one attached hydrogen (secondary N) is 1. The van der Waals surface area contributed by atoms with E-state index in [0.29, 0.717) is 0 Å². The summed E-state index contributed by atoms with van der Waals surface area (Å²) in [4.78, 5) is 0. The summed E-state index contributed by atoms with van der Waals surface area (Å²) in [7, 11) is 2.18. The molecule has 20 heavy (non-hydrogen) atoms. The molecule has 0 aliphatic rings.